The third-order valence-corrected chi connectivity index (χ3v) is 6.00. The van der Waals surface area contributed by atoms with Gasteiger partial charge in [-0.1, -0.05) is 23.2 Å². The minimum Gasteiger partial charge on any atom is -0.387 e. The second-order valence-electron chi connectivity index (χ2n) is 7.37. The highest BCUT2D eigenvalue weighted by molar-refractivity contribution is 6.34. The number of carbonyl (C=O) groups excluding carboxylic acids is 1. The maximum atomic E-state index is 13.9. The van der Waals surface area contributed by atoms with E-state index in [9.17, 15) is 31.9 Å². The van der Waals surface area contributed by atoms with E-state index in [0.29, 0.717) is 6.07 Å². The summed E-state index contributed by atoms with van der Waals surface area (Å²) in [5, 5.41) is 12.6. The number of aliphatic hydroxyl groups is 1. The maximum Gasteiger partial charge on any atom is 0.417 e. The number of carbonyl (C=O) groups is 1. The van der Waals surface area contributed by atoms with Gasteiger partial charge in [0.1, 0.15) is 17.7 Å². The summed E-state index contributed by atoms with van der Waals surface area (Å²) >= 11 is 11.9. The second kappa shape index (κ2) is 8.88. The summed E-state index contributed by atoms with van der Waals surface area (Å²) < 4.78 is 66.9. The van der Waals surface area contributed by atoms with E-state index in [4.69, 9.17) is 23.2 Å². The molecule has 3 rings (SSSR count). The van der Waals surface area contributed by atoms with Crippen LogP contribution in [0.5, 0.6) is 0 Å². The molecule has 1 saturated carbocycles. The molecule has 1 heterocycles. The first kappa shape index (κ1) is 23.7. The largest absolute Gasteiger partial charge is 0.417 e. The average Bonchev–Trinajstić information content (AvgIpc) is 2.69. The quantitative estimate of drug-likeness (QED) is 0.552. The Kier molecular flexibility index (Phi) is 6.78. The van der Waals surface area contributed by atoms with Crippen LogP contribution in [0.25, 0.3) is 0 Å². The number of hydrogen-bond donors (Lipinski definition) is 2. The highest BCUT2D eigenvalue weighted by Crippen LogP contribution is 2.42. The van der Waals surface area contributed by atoms with Crippen molar-refractivity contribution in [3.8, 4) is 0 Å². The van der Waals surface area contributed by atoms with E-state index < -0.39 is 52.0 Å². The van der Waals surface area contributed by atoms with Gasteiger partial charge in [-0.15, -0.1) is 0 Å². The van der Waals surface area contributed by atoms with E-state index in [1.54, 1.807) is 0 Å². The Morgan fingerprint density at radius 2 is 1.87 bits per heavy atom. The first-order chi connectivity index (χ1) is 14.4. The molecule has 4 nitrogen and oxygen atoms in total. The molecule has 1 fully saturated rings. The molecule has 0 saturated heterocycles. The van der Waals surface area contributed by atoms with Crippen LogP contribution in [0, 0.1) is 5.82 Å². The lowest BCUT2D eigenvalue weighted by Crippen LogP contribution is -2.49. The zero-order valence-corrected chi connectivity index (χ0v) is 17.3. The van der Waals surface area contributed by atoms with E-state index in [1.807, 2.05) is 0 Å². The van der Waals surface area contributed by atoms with Crippen molar-refractivity contribution in [2.75, 3.05) is 0 Å². The van der Waals surface area contributed by atoms with E-state index in [0.717, 1.165) is 18.3 Å². The predicted octanol–water partition coefficient (Wildman–Crippen LogP) is 5.66. The predicted molar refractivity (Wildman–Crippen MR) is 104 cm³/mol. The molecule has 1 unspecified atom stereocenters. The normalized spacial score (nSPS) is 22.8. The molecule has 1 atom stereocenters. The van der Waals surface area contributed by atoms with Crippen LogP contribution in [0.2, 0.25) is 10.0 Å². The Balaban J connectivity index is 2.02. The third-order valence-electron chi connectivity index (χ3n) is 5.27. The number of alkyl halides is 4. The van der Waals surface area contributed by atoms with Gasteiger partial charge in [-0.25, -0.2) is 13.8 Å². The fourth-order valence-electron chi connectivity index (χ4n) is 3.63. The van der Waals surface area contributed by atoms with Gasteiger partial charge in [-0.05, 0) is 55.5 Å². The molecule has 1 aliphatic rings. The molecule has 1 aromatic heterocycles. The monoisotopic (exact) mass is 482 g/mol. The molecule has 0 bridgehead atoms. The highest BCUT2D eigenvalue weighted by Gasteiger charge is 2.44. The summed E-state index contributed by atoms with van der Waals surface area (Å²) in [5.41, 5.74) is -3.70. The van der Waals surface area contributed by atoms with E-state index >= 15 is 0 Å². The Labute approximate surface area is 184 Å². The first-order valence-electron chi connectivity index (χ1n) is 9.26. The molecule has 1 aliphatic carbocycles. The topological polar surface area (TPSA) is 62.2 Å². The number of hydrogen-bond acceptors (Lipinski definition) is 3. The van der Waals surface area contributed by atoms with Gasteiger partial charge >= 0.3 is 6.18 Å². The Bertz CT molecular complexity index is 979. The maximum absolute atomic E-state index is 13.9. The van der Waals surface area contributed by atoms with Crippen LogP contribution in [0.1, 0.15) is 53.3 Å². The summed E-state index contributed by atoms with van der Waals surface area (Å²) in [7, 11) is 0. The SMILES string of the molecule is O=C(NC(c1cc(F)ccc1Cl)[C@]1(O)CC[C@H](F)CC1)c1nccc(C(F)(F)F)c1Cl. The number of halogens is 7. The van der Waals surface area contributed by atoms with E-state index in [2.05, 4.69) is 10.3 Å². The Hall–Kier alpha value is -1.97. The number of nitrogens with one attached hydrogen (secondary N) is 1. The second-order valence-corrected chi connectivity index (χ2v) is 8.15. The van der Waals surface area contributed by atoms with Gasteiger partial charge in [-0.2, -0.15) is 13.2 Å². The molecule has 1 aromatic carbocycles. The highest BCUT2D eigenvalue weighted by atomic mass is 35.5. The van der Waals surface area contributed by atoms with Crippen molar-refractivity contribution in [3.63, 3.8) is 0 Å². The van der Waals surface area contributed by atoms with Crippen molar-refractivity contribution in [1.29, 1.82) is 0 Å². The lowest BCUT2D eigenvalue weighted by Gasteiger charge is -2.41. The van der Waals surface area contributed by atoms with Crippen molar-refractivity contribution in [3.05, 3.63) is 63.1 Å². The van der Waals surface area contributed by atoms with Crippen molar-refractivity contribution in [1.82, 2.24) is 10.3 Å². The minimum atomic E-state index is -4.82. The Morgan fingerprint density at radius 1 is 1.23 bits per heavy atom. The fraction of sp³-hybridized carbons (Fsp3) is 0.400. The smallest absolute Gasteiger partial charge is 0.387 e. The number of amides is 1. The van der Waals surface area contributed by atoms with E-state index in [1.165, 1.54) is 6.07 Å². The summed E-state index contributed by atoms with van der Waals surface area (Å²) in [6, 6.07) is 2.55. The molecule has 31 heavy (non-hydrogen) atoms. The number of rotatable bonds is 4. The molecular formula is C20H17Cl2F5N2O2. The van der Waals surface area contributed by atoms with Crippen molar-refractivity contribution < 1.29 is 31.9 Å². The summed E-state index contributed by atoms with van der Waals surface area (Å²) in [6.07, 6.45) is -5.41. The van der Waals surface area contributed by atoms with Crippen LogP contribution >= 0.6 is 23.2 Å². The van der Waals surface area contributed by atoms with Crippen LogP contribution < -0.4 is 5.32 Å². The summed E-state index contributed by atoms with van der Waals surface area (Å²) in [4.78, 5) is 16.5. The molecule has 168 valence electrons. The molecule has 2 aromatic rings. The molecule has 11 heteroatoms. The number of aromatic nitrogens is 1. The third kappa shape index (κ3) is 5.10. The van der Waals surface area contributed by atoms with Crippen LogP contribution in [0.4, 0.5) is 22.0 Å². The van der Waals surface area contributed by atoms with Crippen LogP contribution in [-0.4, -0.2) is 27.8 Å². The summed E-state index contributed by atoms with van der Waals surface area (Å²) in [6.45, 7) is 0. The molecule has 0 aliphatic heterocycles. The molecule has 2 N–H and O–H groups in total. The minimum absolute atomic E-state index is 0.00192. The van der Waals surface area contributed by atoms with Gasteiger partial charge in [0.15, 0.2) is 0 Å². The van der Waals surface area contributed by atoms with E-state index in [-0.39, 0.29) is 36.3 Å². The number of nitrogens with zero attached hydrogens (tertiary/aromatic N) is 1. The van der Waals surface area contributed by atoms with Crippen LogP contribution in [-0.2, 0) is 6.18 Å². The van der Waals surface area contributed by atoms with Crippen molar-refractivity contribution in [2.45, 2.75) is 49.7 Å². The van der Waals surface area contributed by atoms with Gasteiger partial charge in [0.05, 0.1) is 22.2 Å². The summed E-state index contributed by atoms with van der Waals surface area (Å²) in [5.74, 6) is -1.84. The van der Waals surface area contributed by atoms with Crippen molar-refractivity contribution >= 4 is 29.1 Å². The molecular weight excluding hydrogens is 466 g/mol. The van der Waals surface area contributed by atoms with Gasteiger partial charge < -0.3 is 10.4 Å². The average molecular weight is 483 g/mol. The molecule has 0 radical (unpaired) electrons. The van der Waals surface area contributed by atoms with Gasteiger partial charge in [0.2, 0.25) is 0 Å². The molecule has 0 spiro atoms. The lowest BCUT2D eigenvalue weighted by atomic mass is 9.76. The first-order valence-corrected chi connectivity index (χ1v) is 10.0. The van der Waals surface area contributed by atoms with Crippen LogP contribution in [0.3, 0.4) is 0 Å². The Morgan fingerprint density at radius 3 is 2.48 bits per heavy atom. The molecule has 1 amide bonds. The zero-order chi connectivity index (χ0) is 23.0. The zero-order valence-electron chi connectivity index (χ0n) is 15.8. The van der Waals surface area contributed by atoms with Crippen molar-refractivity contribution in [2.24, 2.45) is 0 Å². The van der Waals surface area contributed by atoms with Gasteiger partial charge in [0.25, 0.3) is 5.91 Å². The fourth-order valence-corrected chi connectivity index (χ4v) is 4.16. The van der Waals surface area contributed by atoms with Gasteiger partial charge in [0, 0.05) is 11.2 Å². The lowest BCUT2D eigenvalue weighted by molar-refractivity contribution is -0.137. The standard InChI is InChI=1S/C20H17Cl2F5N2O2/c21-14-2-1-11(24)9-12(14)17(19(31)6-3-10(23)4-7-19)29-18(30)16-15(22)13(5-8-28-16)20(25,26)27/h1-2,5,8-10,17,31H,3-4,6-7H2,(H,29,30)/t10-,17?,19-. The number of pyridine rings is 1. The number of benzene rings is 1. The van der Waals surface area contributed by atoms with Crippen LogP contribution in [0.15, 0.2) is 30.5 Å². The van der Waals surface area contributed by atoms with Gasteiger partial charge in [-0.3, -0.25) is 4.79 Å².